The number of methoxy groups -OCH3 is 3. The van der Waals surface area contributed by atoms with Crippen LogP contribution in [0.25, 0.3) is 0 Å². The molecule has 7 nitrogen and oxygen atoms in total. The second-order valence-electron chi connectivity index (χ2n) is 6.62. The van der Waals surface area contributed by atoms with Gasteiger partial charge in [0.2, 0.25) is 5.75 Å². The first kappa shape index (κ1) is 26.3. The van der Waals surface area contributed by atoms with Crippen molar-refractivity contribution in [2.45, 2.75) is 25.9 Å². The molecule has 0 radical (unpaired) electrons. The number of thiophene rings is 1. The molecule has 1 atom stereocenters. The summed E-state index contributed by atoms with van der Waals surface area (Å²) in [4.78, 5) is 5.45. The highest BCUT2D eigenvalue weighted by Gasteiger charge is 2.24. The minimum atomic E-state index is -0.997. The third-order valence-electron chi connectivity index (χ3n) is 4.41. The van der Waals surface area contributed by atoms with Crippen molar-refractivity contribution in [3.8, 4) is 17.2 Å². The molecule has 168 valence electrons. The first-order valence-electron chi connectivity index (χ1n) is 9.53. The van der Waals surface area contributed by atoms with Crippen molar-refractivity contribution < 1.29 is 19.3 Å². The third kappa shape index (κ3) is 6.92. The maximum absolute atomic E-state index is 10.7. The highest BCUT2D eigenvalue weighted by molar-refractivity contribution is 14.0. The molecule has 1 aromatic carbocycles. The fourth-order valence-electron chi connectivity index (χ4n) is 2.91. The summed E-state index contributed by atoms with van der Waals surface area (Å²) in [5.41, 5.74) is 0.00221. The molecule has 1 heterocycles. The van der Waals surface area contributed by atoms with Gasteiger partial charge in [-0.15, -0.1) is 35.3 Å². The van der Waals surface area contributed by atoms with Crippen LogP contribution < -0.4 is 24.8 Å². The van der Waals surface area contributed by atoms with Gasteiger partial charge in [-0.05, 0) is 37.8 Å². The predicted molar refractivity (Wildman–Crippen MR) is 133 cm³/mol. The molecule has 1 unspecified atom stereocenters. The van der Waals surface area contributed by atoms with Crippen molar-refractivity contribution in [3.63, 3.8) is 0 Å². The largest absolute Gasteiger partial charge is 0.493 e. The number of aliphatic imine (C=N–C) groups is 1. The van der Waals surface area contributed by atoms with Crippen LogP contribution in [0.1, 0.15) is 24.3 Å². The van der Waals surface area contributed by atoms with Crippen LogP contribution in [-0.2, 0) is 12.0 Å². The van der Waals surface area contributed by atoms with E-state index < -0.39 is 5.60 Å². The summed E-state index contributed by atoms with van der Waals surface area (Å²) in [6, 6.07) is 7.68. The molecule has 2 rings (SSSR count). The molecule has 0 saturated carbocycles. The minimum absolute atomic E-state index is 0. The Bertz CT molecular complexity index is 798. The van der Waals surface area contributed by atoms with E-state index in [1.54, 1.807) is 28.3 Å². The number of hydrogen-bond acceptors (Lipinski definition) is 6. The maximum Gasteiger partial charge on any atom is 0.203 e. The topological polar surface area (TPSA) is 84.3 Å². The van der Waals surface area contributed by atoms with E-state index in [9.17, 15) is 5.11 Å². The molecule has 0 amide bonds. The van der Waals surface area contributed by atoms with Crippen LogP contribution in [0.2, 0.25) is 0 Å². The minimum Gasteiger partial charge on any atom is -0.493 e. The molecule has 0 aliphatic carbocycles. The Morgan fingerprint density at radius 1 is 1.10 bits per heavy atom. The SMILES string of the molecule is CCNC(=NCC(C)(O)c1cccs1)NCCc1ccc(OC)c(OC)c1OC.I. The zero-order valence-electron chi connectivity index (χ0n) is 18.2. The van der Waals surface area contributed by atoms with Gasteiger partial charge in [-0.3, -0.25) is 0 Å². The summed E-state index contributed by atoms with van der Waals surface area (Å²) < 4.78 is 16.3. The van der Waals surface area contributed by atoms with Gasteiger partial charge in [0.15, 0.2) is 17.5 Å². The van der Waals surface area contributed by atoms with Gasteiger partial charge in [-0.1, -0.05) is 12.1 Å². The average Bonchev–Trinajstić information content (AvgIpc) is 3.27. The first-order chi connectivity index (χ1) is 14.0. The molecule has 3 N–H and O–H groups in total. The fraction of sp³-hybridized carbons (Fsp3) is 0.476. The summed E-state index contributed by atoms with van der Waals surface area (Å²) in [6.45, 7) is 5.42. The van der Waals surface area contributed by atoms with Crippen LogP contribution in [0, 0.1) is 0 Å². The molecule has 1 aromatic heterocycles. The van der Waals surface area contributed by atoms with Gasteiger partial charge in [0.05, 0.1) is 27.9 Å². The van der Waals surface area contributed by atoms with Gasteiger partial charge < -0.3 is 30.0 Å². The maximum atomic E-state index is 10.7. The number of guanidine groups is 1. The highest BCUT2D eigenvalue weighted by Crippen LogP contribution is 2.39. The van der Waals surface area contributed by atoms with Crippen LogP contribution in [-0.4, -0.2) is 52.0 Å². The second kappa shape index (κ2) is 12.9. The molecule has 0 aliphatic rings. The Morgan fingerprint density at radius 3 is 2.40 bits per heavy atom. The summed E-state index contributed by atoms with van der Waals surface area (Å²) in [7, 11) is 4.81. The Labute approximate surface area is 199 Å². The summed E-state index contributed by atoms with van der Waals surface area (Å²) in [5, 5.41) is 19.1. The number of aliphatic hydroxyl groups is 1. The van der Waals surface area contributed by atoms with E-state index in [4.69, 9.17) is 14.2 Å². The molecule has 0 aliphatic heterocycles. The van der Waals surface area contributed by atoms with E-state index in [0.29, 0.717) is 36.2 Å². The van der Waals surface area contributed by atoms with Gasteiger partial charge in [0, 0.05) is 23.5 Å². The van der Waals surface area contributed by atoms with E-state index in [1.165, 1.54) is 11.3 Å². The van der Waals surface area contributed by atoms with E-state index >= 15 is 0 Å². The van der Waals surface area contributed by atoms with Crippen molar-refractivity contribution in [2.75, 3.05) is 41.0 Å². The number of halogens is 1. The second-order valence-corrected chi connectivity index (χ2v) is 7.56. The smallest absolute Gasteiger partial charge is 0.203 e. The normalized spacial score (nSPS) is 13.1. The van der Waals surface area contributed by atoms with Crippen LogP contribution in [0.15, 0.2) is 34.6 Å². The van der Waals surface area contributed by atoms with Crippen LogP contribution in [0.3, 0.4) is 0 Å². The van der Waals surface area contributed by atoms with Gasteiger partial charge in [0.25, 0.3) is 0 Å². The summed E-state index contributed by atoms with van der Waals surface area (Å²) >= 11 is 1.52. The van der Waals surface area contributed by atoms with Crippen molar-refractivity contribution in [1.29, 1.82) is 0 Å². The van der Waals surface area contributed by atoms with Crippen molar-refractivity contribution in [1.82, 2.24) is 10.6 Å². The van der Waals surface area contributed by atoms with Gasteiger partial charge in [-0.25, -0.2) is 4.99 Å². The Morgan fingerprint density at radius 2 is 1.83 bits per heavy atom. The van der Waals surface area contributed by atoms with Crippen LogP contribution in [0.5, 0.6) is 17.2 Å². The molecule has 9 heteroatoms. The van der Waals surface area contributed by atoms with Crippen LogP contribution in [0.4, 0.5) is 0 Å². The number of ether oxygens (including phenoxy) is 3. The quantitative estimate of drug-likeness (QED) is 0.240. The Kier molecular flexibility index (Phi) is 11.3. The van der Waals surface area contributed by atoms with E-state index in [1.807, 2.05) is 36.6 Å². The number of benzene rings is 1. The monoisotopic (exact) mass is 549 g/mol. The van der Waals surface area contributed by atoms with Gasteiger partial charge in [-0.2, -0.15) is 0 Å². The lowest BCUT2D eigenvalue weighted by atomic mass is 10.1. The lowest BCUT2D eigenvalue weighted by Crippen LogP contribution is -2.39. The number of rotatable bonds is 10. The molecule has 0 spiro atoms. The van der Waals surface area contributed by atoms with Crippen molar-refractivity contribution >= 4 is 41.3 Å². The predicted octanol–water partition coefficient (Wildman–Crippen LogP) is 3.40. The fourth-order valence-corrected chi connectivity index (χ4v) is 3.69. The lowest BCUT2D eigenvalue weighted by molar-refractivity contribution is 0.0711. The van der Waals surface area contributed by atoms with E-state index in [0.717, 1.165) is 17.0 Å². The summed E-state index contributed by atoms with van der Waals surface area (Å²) in [6.07, 6.45) is 0.704. The molecule has 30 heavy (non-hydrogen) atoms. The Balaban J connectivity index is 0.00000450. The molecule has 0 fully saturated rings. The number of hydrogen-bond donors (Lipinski definition) is 3. The number of nitrogens with zero attached hydrogens (tertiary/aromatic N) is 1. The zero-order chi connectivity index (χ0) is 21.3. The lowest BCUT2D eigenvalue weighted by Gasteiger charge is -2.21. The van der Waals surface area contributed by atoms with Crippen LogP contribution >= 0.6 is 35.3 Å². The summed E-state index contributed by atoms with van der Waals surface area (Å²) in [5.74, 6) is 2.53. The molecule has 0 bridgehead atoms. The van der Waals surface area contributed by atoms with Crippen molar-refractivity contribution in [2.24, 2.45) is 4.99 Å². The zero-order valence-corrected chi connectivity index (χ0v) is 21.3. The van der Waals surface area contributed by atoms with E-state index in [2.05, 4.69) is 15.6 Å². The van der Waals surface area contributed by atoms with Crippen molar-refractivity contribution in [3.05, 3.63) is 40.1 Å². The first-order valence-corrected chi connectivity index (χ1v) is 10.4. The van der Waals surface area contributed by atoms with Gasteiger partial charge in [0.1, 0.15) is 5.60 Å². The third-order valence-corrected chi connectivity index (χ3v) is 5.54. The molecule has 0 saturated heterocycles. The molecular weight excluding hydrogens is 517 g/mol. The Hall–Kier alpha value is -1.72. The molecular formula is C21H32IN3O4S. The van der Waals surface area contributed by atoms with Gasteiger partial charge >= 0.3 is 0 Å². The average molecular weight is 549 g/mol. The van der Waals surface area contributed by atoms with E-state index in [-0.39, 0.29) is 30.5 Å². The standard InChI is InChI=1S/C21H31N3O4S.HI/c1-6-22-20(24-14-21(2,25)17-8-7-13-29-17)23-12-11-15-9-10-16(26-3)19(28-5)18(15)27-4;/h7-10,13,25H,6,11-12,14H2,1-5H3,(H2,22,23,24);1H. The highest BCUT2D eigenvalue weighted by atomic mass is 127. The number of nitrogens with one attached hydrogen (secondary N) is 2. The molecule has 2 aromatic rings.